The quantitative estimate of drug-likeness (QED) is 0.826. The lowest BCUT2D eigenvalue weighted by molar-refractivity contribution is 0.0696. The van der Waals surface area contributed by atoms with Gasteiger partial charge in [-0.15, -0.1) is 0 Å². The van der Waals surface area contributed by atoms with E-state index in [9.17, 15) is 4.79 Å². The Morgan fingerprint density at radius 1 is 1.53 bits per heavy atom. The maximum atomic E-state index is 11.0. The van der Waals surface area contributed by atoms with E-state index in [1.165, 1.54) is 6.20 Å². The lowest BCUT2D eigenvalue weighted by Crippen LogP contribution is -1.96. The van der Waals surface area contributed by atoms with Crippen molar-refractivity contribution in [3.8, 4) is 0 Å². The third-order valence-corrected chi connectivity index (χ3v) is 2.66. The van der Waals surface area contributed by atoms with Crippen LogP contribution >= 0.6 is 0 Å². The molecule has 0 bridgehead atoms. The number of nitrogens with zero attached hydrogens (tertiary/aromatic N) is 1. The number of hydrogen-bond acceptors (Lipinski definition) is 3. The third kappa shape index (κ3) is 2.65. The van der Waals surface area contributed by atoms with Gasteiger partial charge in [0.25, 0.3) is 0 Å². The van der Waals surface area contributed by atoms with Gasteiger partial charge < -0.3 is 14.8 Å². The second-order valence-corrected chi connectivity index (χ2v) is 4.03. The summed E-state index contributed by atoms with van der Waals surface area (Å²) in [6.07, 6.45) is 8.08. The molecule has 0 aliphatic carbocycles. The molecule has 0 aromatic carbocycles. The minimum atomic E-state index is -0.992. The van der Waals surface area contributed by atoms with Crippen LogP contribution < -0.4 is 0 Å². The average Bonchev–Trinajstić information content (AvgIpc) is 2.81. The fourth-order valence-corrected chi connectivity index (χ4v) is 1.73. The van der Waals surface area contributed by atoms with E-state index in [2.05, 4.69) is 9.97 Å². The largest absolute Gasteiger partial charge is 0.478 e. The number of H-pyrrole nitrogens is 1. The third-order valence-electron chi connectivity index (χ3n) is 2.66. The highest BCUT2D eigenvalue weighted by Crippen LogP contribution is 2.24. The van der Waals surface area contributed by atoms with Crippen molar-refractivity contribution in [2.75, 3.05) is 0 Å². The van der Waals surface area contributed by atoms with Crippen molar-refractivity contribution < 1.29 is 14.6 Å². The van der Waals surface area contributed by atoms with Crippen LogP contribution in [0.2, 0.25) is 0 Å². The summed E-state index contributed by atoms with van der Waals surface area (Å²) in [7, 11) is 0. The molecule has 0 saturated carbocycles. The summed E-state index contributed by atoms with van der Waals surface area (Å²) in [4.78, 5) is 18.1. The number of carbonyl (C=O) groups is 1. The van der Waals surface area contributed by atoms with E-state index in [4.69, 9.17) is 9.84 Å². The van der Waals surface area contributed by atoms with Crippen LogP contribution in [-0.4, -0.2) is 21.0 Å². The van der Waals surface area contributed by atoms with Crippen LogP contribution in [-0.2, 0) is 4.74 Å². The number of aromatic amines is 1. The molecule has 0 radical (unpaired) electrons. The van der Waals surface area contributed by atoms with E-state index < -0.39 is 5.97 Å². The number of carboxylic acid groups (broad SMARTS) is 1. The van der Waals surface area contributed by atoms with E-state index in [1.807, 2.05) is 13.8 Å². The van der Waals surface area contributed by atoms with Crippen LogP contribution in [0.15, 0.2) is 37.1 Å². The number of ether oxygens (including phenoxy) is 1. The van der Waals surface area contributed by atoms with Crippen LogP contribution in [0.5, 0.6) is 0 Å². The fraction of sp³-hybridized carbons (Fsp3) is 0.143. The van der Waals surface area contributed by atoms with Crippen molar-refractivity contribution in [3.05, 3.63) is 48.2 Å². The minimum Gasteiger partial charge on any atom is -0.478 e. The average molecular weight is 258 g/mol. The number of fused-ring (bicyclic) bond motifs is 1. The predicted molar refractivity (Wildman–Crippen MR) is 72.6 cm³/mol. The Labute approximate surface area is 110 Å². The second kappa shape index (κ2) is 5.39. The first-order valence-electron chi connectivity index (χ1n) is 5.77. The highest BCUT2D eigenvalue weighted by molar-refractivity contribution is 5.96. The van der Waals surface area contributed by atoms with Gasteiger partial charge in [0.2, 0.25) is 0 Å². The molecule has 2 heterocycles. The molecule has 0 fully saturated rings. The molecule has 5 nitrogen and oxygen atoms in total. The smallest absolute Gasteiger partial charge is 0.337 e. The Balaban J connectivity index is 2.46. The molecule has 0 spiro atoms. The molecule has 0 aliphatic heterocycles. The molecule has 2 aromatic rings. The SMILES string of the molecule is C/C=C\O/C=C(\C)c1c[nH]c2ncc(C(=O)O)cc12. The summed E-state index contributed by atoms with van der Waals surface area (Å²) in [5.74, 6) is -0.992. The molecule has 0 atom stereocenters. The lowest BCUT2D eigenvalue weighted by Gasteiger charge is -2.00. The Hall–Kier alpha value is -2.56. The van der Waals surface area contributed by atoms with Gasteiger partial charge in [0.05, 0.1) is 18.1 Å². The van der Waals surface area contributed by atoms with Crippen LogP contribution in [0.4, 0.5) is 0 Å². The van der Waals surface area contributed by atoms with E-state index in [0.717, 1.165) is 16.5 Å². The van der Waals surface area contributed by atoms with Crippen LogP contribution in [0.3, 0.4) is 0 Å². The topological polar surface area (TPSA) is 75.2 Å². The molecule has 2 N–H and O–H groups in total. The van der Waals surface area contributed by atoms with Crippen LogP contribution in [0.25, 0.3) is 16.6 Å². The monoisotopic (exact) mass is 258 g/mol. The van der Waals surface area contributed by atoms with Gasteiger partial charge in [0, 0.05) is 23.3 Å². The molecule has 98 valence electrons. The second-order valence-electron chi connectivity index (χ2n) is 4.03. The van der Waals surface area contributed by atoms with Gasteiger partial charge in [-0.25, -0.2) is 9.78 Å². The molecular weight excluding hydrogens is 244 g/mol. The van der Waals surface area contributed by atoms with Crippen LogP contribution in [0.1, 0.15) is 29.8 Å². The predicted octanol–water partition coefficient (Wildman–Crippen LogP) is 3.17. The summed E-state index contributed by atoms with van der Waals surface area (Å²) in [6, 6.07) is 1.60. The zero-order chi connectivity index (χ0) is 13.8. The van der Waals surface area contributed by atoms with Gasteiger partial charge >= 0.3 is 5.97 Å². The molecular formula is C14H14N2O3. The fourth-order valence-electron chi connectivity index (χ4n) is 1.73. The van der Waals surface area contributed by atoms with Gasteiger partial charge in [-0.3, -0.25) is 0 Å². The number of aromatic nitrogens is 2. The van der Waals surface area contributed by atoms with Gasteiger partial charge in [-0.05, 0) is 25.5 Å². The molecule has 2 rings (SSSR count). The molecule has 19 heavy (non-hydrogen) atoms. The summed E-state index contributed by atoms with van der Waals surface area (Å²) in [5, 5.41) is 9.75. The summed E-state index contributed by atoms with van der Waals surface area (Å²) >= 11 is 0. The van der Waals surface area contributed by atoms with E-state index in [0.29, 0.717) is 5.65 Å². The van der Waals surface area contributed by atoms with E-state index >= 15 is 0 Å². The first-order valence-corrected chi connectivity index (χ1v) is 5.77. The number of aromatic carboxylic acids is 1. The number of allylic oxidation sites excluding steroid dienone is 2. The molecule has 5 heteroatoms. The standard InChI is InChI=1S/C14H14N2O3/c1-3-4-19-8-9(2)12-7-16-13-11(12)5-10(6-15-13)14(17)18/h3-8H,1-2H3,(H,15,16)(H,17,18)/b4-3-,9-8+. The number of pyridine rings is 1. The van der Waals surface area contributed by atoms with Crippen molar-refractivity contribution in [1.29, 1.82) is 0 Å². The van der Waals surface area contributed by atoms with Crippen molar-refractivity contribution >= 4 is 22.6 Å². The van der Waals surface area contributed by atoms with Gasteiger partial charge in [-0.2, -0.15) is 0 Å². The number of carboxylic acids is 1. The van der Waals surface area contributed by atoms with Gasteiger partial charge in [-0.1, -0.05) is 6.08 Å². The number of rotatable bonds is 4. The van der Waals surface area contributed by atoms with Gasteiger partial charge in [0.15, 0.2) is 0 Å². The molecule has 0 aliphatic rings. The van der Waals surface area contributed by atoms with E-state index in [1.54, 1.807) is 30.9 Å². The Bertz CT molecular complexity index is 668. The van der Waals surface area contributed by atoms with Crippen molar-refractivity contribution in [2.45, 2.75) is 13.8 Å². The lowest BCUT2D eigenvalue weighted by atomic mass is 10.1. The summed E-state index contributed by atoms with van der Waals surface area (Å²) in [6.45, 7) is 3.75. The summed E-state index contributed by atoms with van der Waals surface area (Å²) in [5.41, 5.74) is 2.57. The number of hydrogen-bond donors (Lipinski definition) is 2. The van der Waals surface area contributed by atoms with Crippen molar-refractivity contribution in [2.24, 2.45) is 0 Å². The number of nitrogens with one attached hydrogen (secondary N) is 1. The molecule has 2 aromatic heterocycles. The maximum Gasteiger partial charge on any atom is 0.337 e. The highest BCUT2D eigenvalue weighted by Gasteiger charge is 2.10. The zero-order valence-corrected chi connectivity index (χ0v) is 10.7. The maximum absolute atomic E-state index is 11.0. The van der Waals surface area contributed by atoms with Crippen LogP contribution in [0, 0.1) is 0 Å². The molecule has 0 unspecified atom stereocenters. The zero-order valence-electron chi connectivity index (χ0n) is 10.7. The Morgan fingerprint density at radius 2 is 2.32 bits per heavy atom. The Kier molecular flexibility index (Phi) is 3.66. The minimum absolute atomic E-state index is 0.163. The molecule has 0 saturated heterocycles. The van der Waals surface area contributed by atoms with Crippen molar-refractivity contribution in [3.63, 3.8) is 0 Å². The normalized spacial score (nSPS) is 12.2. The highest BCUT2D eigenvalue weighted by atomic mass is 16.5. The van der Waals surface area contributed by atoms with E-state index in [-0.39, 0.29) is 5.56 Å². The Morgan fingerprint density at radius 3 is 3.00 bits per heavy atom. The van der Waals surface area contributed by atoms with Gasteiger partial charge in [0.1, 0.15) is 5.65 Å². The first-order chi connectivity index (χ1) is 9.13. The van der Waals surface area contributed by atoms with Crippen molar-refractivity contribution in [1.82, 2.24) is 9.97 Å². The first kappa shape index (κ1) is 12.9. The molecule has 0 amide bonds. The summed E-state index contributed by atoms with van der Waals surface area (Å²) < 4.78 is 5.20.